The van der Waals surface area contributed by atoms with Crippen LogP contribution < -0.4 is 10.6 Å². The molecule has 0 radical (unpaired) electrons. The summed E-state index contributed by atoms with van der Waals surface area (Å²) in [6.07, 6.45) is 12.3. The second-order valence-corrected chi connectivity index (χ2v) is 7.12. The van der Waals surface area contributed by atoms with Crippen LogP contribution >= 0.6 is 0 Å². The number of aromatic nitrogens is 3. The Morgan fingerprint density at radius 2 is 1.88 bits per heavy atom. The Balaban J connectivity index is 1.36. The number of fused-ring (bicyclic) bond motifs is 2. The summed E-state index contributed by atoms with van der Waals surface area (Å²) in [7, 11) is 4.16. The molecule has 3 heterocycles. The molecule has 1 aromatic heterocycles. The Kier molecular flexibility index (Phi) is 6.07. The van der Waals surface area contributed by atoms with Crippen molar-refractivity contribution in [1.82, 2.24) is 30.3 Å². The fraction of sp³-hybridized carbons (Fsp3) is 0.824. The van der Waals surface area contributed by atoms with Crippen LogP contribution in [0, 0.1) is 0 Å². The van der Waals surface area contributed by atoms with Crippen molar-refractivity contribution >= 4 is 5.96 Å². The molecule has 134 valence electrons. The van der Waals surface area contributed by atoms with Crippen LogP contribution in [0.1, 0.15) is 44.9 Å². The Labute approximate surface area is 144 Å². The minimum Gasteiger partial charge on any atom is -0.356 e. The Hall–Kier alpha value is -1.63. The van der Waals surface area contributed by atoms with E-state index >= 15 is 0 Å². The third kappa shape index (κ3) is 4.47. The van der Waals surface area contributed by atoms with Crippen LogP contribution in [-0.2, 0) is 6.54 Å². The molecule has 0 spiro atoms. The number of aliphatic imine (C=N–C) groups is 1. The summed E-state index contributed by atoms with van der Waals surface area (Å²) >= 11 is 0. The molecule has 0 aromatic carbocycles. The van der Waals surface area contributed by atoms with E-state index in [1.165, 1.54) is 32.1 Å². The molecule has 2 aliphatic heterocycles. The summed E-state index contributed by atoms with van der Waals surface area (Å²) in [6, 6.07) is 2.05. The highest BCUT2D eigenvalue weighted by atomic mass is 15.2. The van der Waals surface area contributed by atoms with Gasteiger partial charge in [-0.1, -0.05) is 6.42 Å². The monoisotopic (exact) mass is 333 g/mol. The lowest BCUT2D eigenvalue weighted by molar-refractivity contribution is 0.0526. The van der Waals surface area contributed by atoms with Crippen molar-refractivity contribution in [1.29, 1.82) is 0 Å². The van der Waals surface area contributed by atoms with Gasteiger partial charge < -0.3 is 20.1 Å². The van der Waals surface area contributed by atoms with Gasteiger partial charge in [0, 0.05) is 38.3 Å². The van der Waals surface area contributed by atoms with Crippen LogP contribution in [0.5, 0.6) is 0 Å². The fourth-order valence-electron chi connectivity index (χ4n) is 4.09. The zero-order valence-electron chi connectivity index (χ0n) is 15.0. The summed E-state index contributed by atoms with van der Waals surface area (Å²) < 4.78 is 2.02. The van der Waals surface area contributed by atoms with Crippen molar-refractivity contribution in [2.24, 2.45) is 4.99 Å². The van der Waals surface area contributed by atoms with Gasteiger partial charge in [0.05, 0.1) is 0 Å². The molecule has 2 saturated heterocycles. The topological polar surface area (TPSA) is 70.4 Å². The molecule has 2 bridgehead atoms. The average molecular weight is 333 g/mol. The zero-order chi connectivity index (χ0) is 16.8. The van der Waals surface area contributed by atoms with Crippen molar-refractivity contribution in [2.45, 2.75) is 69.6 Å². The third-order valence-corrected chi connectivity index (χ3v) is 5.51. The lowest BCUT2D eigenvalue weighted by Crippen LogP contribution is -2.56. The number of guanidine groups is 1. The highest BCUT2D eigenvalue weighted by molar-refractivity contribution is 5.79. The first-order valence-corrected chi connectivity index (χ1v) is 9.28. The SMILES string of the molecule is CN=C(NCCCCn1cnnc1)NC1CC2CCCC(C1)N2C. The van der Waals surface area contributed by atoms with Gasteiger partial charge in [-0.25, -0.2) is 0 Å². The number of rotatable bonds is 6. The quantitative estimate of drug-likeness (QED) is 0.466. The van der Waals surface area contributed by atoms with E-state index in [1.807, 2.05) is 11.6 Å². The number of hydrogen-bond donors (Lipinski definition) is 2. The summed E-state index contributed by atoms with van der Waals surface area (Å²) in [6.45, 7) is 1.92. The summed E-state index contributed by atoms with van der Waals surface area (Å²) in [5.41, 5.74) is 0. The van der Waals surface area contributed by atoms with E-state index < -0.39 is 0 Å². The Bertz CT molecular complexity index is 499. The highest BCUT2D eigenvalue weighted by Crippen LogP contribution is 2.32. The molecule has 7 nitrogen and oxygen atoms in total. The van der Waals surface area contributed by atoms with E-state index in [2.05, 4.69) is 37.8 Å². The number of unbranched alkanes of at least 4 members (excludes halogenated alkanes) is 1. The van der Waals surface area contributed by atoms with Gasteiger partial charge in [0.1, 0.15) is 12.7 Å². The summed E-state index contributed by atoms with van der Waals surface area (Å²) in [5, 5.41) is 14.7. The molecule has 2 fully saturated rings. The Morgan fingerprint density at radius 1 is 1.17 bits per heavy atom. The highest BCUT2D eigenvalue weighted by Gasteiger charge is 2.36. The second kappa shape index (κ2) is 8.46. The van der Waals surface area contributed by atoms with Crippen molar-refractivity contribution < 1.29 is 0 Å². The van der Waals surface area contributed by atoms with Gasteiger partial charge in [0.15, 0.2) is 5.96 Å². The van der Waals surface area contributed by atoms with Crippen LogP contribution in [0.25, 0.3) is 0 Å². The largest absolute Gasteiger partial charge is 0.356 e. The lowest BCUT2D eigenvalue weighted by Gasteiger charge is -2.47. The molecule has 2 atom stereocenters. The minimum absolute atomic E-state index is 0.555. The molecule has 2 N–H and O–H groups in total. The molecular weight excluding hydrogens is 302 g/mol. The van der Waals surface area contributed by atoms with Crippen LogP contribution in [0.15, 0.2) is 17.6 Å². The van der Waals surface area contributed by atoms with Crippen molar-refractivity contribution in [3.63, 3.8) is 0 Å². The van der Waals surface area contributed by atoms with Crippen molar-refractivity contribution in [3.05, 3.63) is 12.7 Å². The molecule has 1 aromatic rings. The number of hydrogen-bond acceptors (Lipinski definition) is 4. The third-order valence-electron chi connectivity index (χ3n) is 5.51. The van der Waals surface area contributed by atoms with Gasteiger partial charge in [-0.05, 0) is 45.6 Å². The lowest BCUT2D eigenvalue weighted by atomic mass is 9.82. The Morgan fingerprint density at radius 3 is 2.54 bits per heavy atom. The predicted molar refractivity (Wildman–Crippen MR) is 96.0 cm³/mol. The van der Waals surface area contributed by atoms with Gasteiger partial charge in [0.25, 0.3) is 0 Å². The minimum atomic E-state index is 0.555. The summed E-state index contributed by atoms with van der Waals surface area (Å²) in [4.78, 5) is 7.00. The zero-order valence-corrected chi connectivity index (χ0v) is 15.0. The molecule has 0 amide bonds. The van der Waals surface area contributed by atoms with E-state index in [1.54, 1.807) is 12.7 Å². The van der Waals surface area contributed by atoms with E-state index in [-0.39, 0.29) is 0 Å². The fourth-order valence-corrected chi connectivity index (χ4v) is 4.09. The van der Waals surface area contributed by atoms with E-state index in [0.717, 1.165) is 44.0 Å². The molecule has 2 aliphatic rings. The smallest absolute Gasteiger partial charge is 0.191 e. The molecule has 0 saturated carbocycles. The number of aryl methyl sites for hydroxylation is 1. The van der Waals surface area contributed by atoms with Gasteiger partial charge >= 0.3 is 0 Å². The molecule has 2 unspecified atom stereocenters. The number of nitrogens with zero attached hydrogens (tertiary/aromatic N) is 5. The first-order chi connectivity index (χ1) is 11.8. The number of nitrogens with one attached hydrogen (secondary N) is 2. The van der Waals surface area contributed by atoms with Crippen LogP contribution in [-0.4, -0.2) is 64.4 Å². The predicted octanol–water partition coefficient (Wildman–Crippen LogP) is 1.24. The first kappa shape index (κ1) is 17.2. The first-order valence-electron chi connectivity index (χ1n) is 9.28. The van der Waals surface area contributed by atoms with Crippen LogP contribution in [0.4, 0.5) is 0 Å². The van der Waals surface area contributed by atoms with Crippen LogP contribution in [0.3, 0.4) is 0 Å². The second-order valence-electron chi connectivity index (χ2n) is 7.12. The molecule has 24 heavy (non-hydrogen) atoms. The van der Waals surface area contributed by atoms with Gasteiger partial charge in [-0.2, -0.15) is 0 Å². The van der Waals surface area contributed by atoms with E-state index in [9.17, 15) is 0 Å². The maximum atomic E-state index is 4.40. The van der Waals surface area contributed by atoms with Gasteiger partial charge in [-0.3, -0.25) is 4.99 Å². The van der Waals surface area contributed by atoms with E-state index in [0.29, 0.717) is 6.04 Å². The molecule has 0 aliphatic carbocycles. The van der Waals surface area contributed by atoms with Crippen molar-refractivity contribution in [3.8, 4) is 0 Å². The standard InChI is InChI=1S/C17H31N7/c1-18-17(19-8-3-4-9-24-12-20-21-13-24)22-14-10-15-6-5-7-16(11-14)23(15)2/h12-16H,3-11H2,1-2H3,(H2,18,19,22). The average Bonchev–Trinajstić information content (AvgIpc) is 3.07. The maximum absolute atomic E-state index is 4.40. The normalized spacial score (nSPS) is 27.9. The molecule has 7 heteroatoms. The van der Waals surface area contributed by atoms with E-state index in [4.69, 9.17) is 0 Å². The summed E-state index contributed by atoms with van der Waals surface area (Å²) in [5.74, 6) is 0.951. The van der Waals surface area contributed by atoms with Crippen LogP contribution in [0.2, 0.25) is 0 Å². The van der Waals surface area contributed by atoms with Gasteiger partial charge in [0.2, 0.25) is 0 Å². The molecular formula is C17H31N7. The van der Waals surface area contributed by atoms with Gasteiger partial charge in [-0.15, -0.1) is 10.2 Å². The molecule has 3 rings (SSSR count). The number of piperidine rings is 2. The maximum Gasteiger partial charge on any atom is 0.191 e. The van der Waals surface area contributed by atoms with Crippen molar-refractivity contribution in [2.75, 3.05) is 20.6 Å².